The Kier molecular flexibility index (Phi) is 7.85. The summed E-state index contributed by atoms with van der Waals surface area (Å²) in [4.78, 5) is 43.1. The summed E-state index contributed by atoms with van der Waals surface area (Å²) in [6.45, 7) is 1.77. The minimum absolute atomic E-state index is 0.214. The Hall–Kier alpha value is -1.48. The molecule has 0 aliphatic carbocycles. The van der Waals surface area contributed by atoms with Crippen LogP contribution in [-0.4, -0.2) is 39.6 Å². The average molecular weight is 370 g/mol. The standard InChI is InChI=1S/C11H10O2.2H3O4P/c1-7-6-10(12)8-4-2-3-5-9(8)11(7)13;2*1-5(2,3)4/h2-6,12-13H,1H3;2*(H3,1,2,3,4). The van der Waals surface area contributed by atoms with Gasteiger partial charge in [0.25, 0.3) is 0 Å². The normalized spacial score (nSPS) is 11.1. The van der Waals surface area contributed by atoms with E-state index < -0.39 is 15.6 Å². The van der Waals surface area contributed by atoms with Crippen LogP contribution in [0.2, 0.25) is 0 Å². The predicted octanol–water partition coefficient (Wildman–Crippen LogP) is 0.702. The predicted molar refractivity (Wildman–Crippen MR) is 80.5 cm³/mol. The van der Waals surface area contributed by atoms with Gasteiger partial charge in [-0.2, -0.15) is 0 Å². The summed E-state index contributed by atoms with van der Waals surface area (Å²) in [5.74, 6) is 0.458. The summed E-state index contributed by atoms with van der Waals surface area (Å²) < 4.78 is 17.8. The van der Waals surface area contributed by atoms with E-state index in [2.05, 4.69) is 0 Å². The molecule has 23 heavy (non-hydrogen) atoms. The maximum absolute atomic E-state index is 9.67. The molecule has 0 amide bonds. The van der Waals surface area contributed by atoms with Gasteiger partial charge in [0.2, 0.25) is 0 Å². The molecule has 0 atom stereocenters. The molecule has 130 valence electrons. The van der Waals surface area contributed by atoms with E-state index in [4.69, 9.17) is 38.5 Å². The van der Waals surface area contributed by atoms with Crippen LogP contribution in [0, 0.1) is 6.92 Å². The first kappa shape index (κ1) is 21.5. The number of fused-ring (bicyclic) bond motifs is 1. The zero-order chi connectivity index (χ0) is 18.4. The minimum Gasteiger partial charge on any atom is -0.507 e. The first-order valence-electron chi connectivity index (χ1n) is 5.67. The van der Waals surface area contributed by atoms with Gasteiger partial charge in [-0.3, -0.25) is 0 Å². The van der Waals surface area contributed by atoms with Gasteiger partial charge in [0.1, 0.15) is 11.5 Å². The topological polar surface area (TPSA) is 196 Å². The van der Waals surface area contributed by atoms with Crippen molar-refractivity contribution in [2.24, 2.45) is 0 Å². The average Bonchev–Trinajstić information content (AvgIpc) is 2.32. The largest absolute Gasteiger partial charge is 0.507 e. The molecule has 0 aromatic heterocycles. The molecular formula is C11H16O10P2. The molecule has 2 rings (SSSR count). The molecule has 2 aromatic rings. The molecule has 0 fully saturated rings. The van der Waals surface area contributed by atoms with Crippen molar-refractivity contribution in [2.45, 2.75) is 6.92 Å². The zero-order valence-corrected chi connectivity index (χ0v) is 13.5. The summed E-state index contributed by atoms with van der Waals surface area (Å²) in [5, 5.41) is 20.6. The van der Waals surface area contributed by atoms with Gasteiger partial charge < -0.3 is 39.6 Å². The van der Waals surface area contributed by atoms with Gasteiger partial charge in [-0.15, -0.1) is 0 Å². The van der Waals surface area contributed by atoms with Gasteiger partial charge in [-0.25, -0.2) is 9.13 Å². The van der Waals surface area contributed by atoms with Crippen LogP contribution in [0.25, 0.3) is 10.8 Å². The second-order valence-electron chi connectivity index (χ2n) is 4.13. The molecule has 0 unspecified atom stereocenters. The van der Waals surface area contributed by atoms with Crippen LogP contribution in [0.1, 0.15) is 5.56 Å². The lowest BCUT2D eigenvalue weighted by atomic mass is 10.1. The SMILES string of the molecule is Cc1cc(O)c2ccccc2c1O.O=P(O)(O)O.O=P(O)(O)O. The number of hydrogen-bond donors (Lipinski definition) is 8. The van der Waals surface area contributed by atoms with Crippen molar-refractivity contribution in [3.8, 4) is 11.5 Å². The number of aromatic hydroxyl groups is 2. The van der Waals surface area contributed by atoms with Crippen molar-refractivity contribution in [1.29, 1.82) is 0 Å². The molecule has 0 aliphatic heterocycles. The van der Waals surface area contributed by atoms with E-state index >= 15 is 0 Å². The van der Waals surface area contributed by atoms with Gasteiger partial charge in [-0.05, 0) is 18.6 Å². The van der Waals surface area contributed by atoms with E-state index in [1.165, 1.54) is 0 Å². The highest BCUT2D eigenvalue weighted by molar-refractivity contribution is 7.45. The molecule has 12 heteroatoms. The van der Waals surface area contributed by atoms with Gasteiger partial charge in [-0.1, -0.05) is 24.3 Å². The molecule has 0 saturated heterocycles. The summed E-state index contributed by atoms with van der Waals surface area (Å²) in [6.07, 6.45) is 0. The smallest absolute Gasteiger partial charge is 0.466 e. The number of rotatable bonds is 0. The third kappa shape index (κ3) is 10.8. The molecule has 0 aliphatic rings. The molecule has 0 radical (unpaired) electrons. The fraction of sp³-hybridized carbons (Fsp3) is 0.0909. The van der Waals surface area contributed by atoms with Crippen LogP contribution in [0.3, 0.4) is 0 Å². The van der Waals surface area contributed by atoms with E-state index in [0.29, 0.717) is 16.3 Å². The number of phosphoric acid groups is 2. The van der Waals surface area contributed by atoms with Crippen LogP contribution >= 0.6 is 15.6 Å². The summed E-state index contributed by atoms with van der Waals surface area (Å²) >= 11 is 0. The number of aryl methyl sites for hydroxylation is 1. The van der Waals surface area contributed by atoms with Crippen LogP contribution in [0.4, 0.5) is 0 Å². The molecule has 8 N–H and O–H groups in total. The third-order valence-electron chi connectivity index (χ3n) is 2.18. The highest BCUT2D eigenvalue weighted by Crippen LogP contribution is 2.34. The van der Waals surface area contributed by atoms with E-state index in [0.717, 1.165) is 0 Å². The van der Waals surface area contributed by atoms with E-state index in [-0.39, 0.29) is 11.5 Å². The number of hydrogen-bond acceptors (Lipinski definition) is 4. The maximum atomic E-state index is 9.67. The van der Waals surface area contributed by atoms with Gasteiger partial charge >= 0.3 is 15.6 Å². The first-order valence-corrected chi connectivity index (χ1v) is 8.80. The zero-order valence-electron chi connectivity index (χ0n) is 11.7. The van der Waals surface area contributed by atoms with Crippen LogP contribution in [-0.2, 0) is 9.13 Å². The quantitative estimate of drug-likeness (QED) is 0.241. The third-order valence-corrected chi connectivity index (χ3v) is 2.18. The molecule has 0 bridgehead atoms. The highest BCUT2D eigenvalue weighted by atomic mass is 31.2. The lowest BCUT2D eigenvalue weighted by Crippen LogP contribution is -1.79. The van der Waals surface area contributed by atoms with Gasteiger partial charge in [0.05, 0.1) is 0 Å². The van der Waals surface area contributed by atoms with Crippen molar-refractivity contribution < 1.29 is 48.7 Å². The van der Waals surface area contributed by atoms with Crippen LogP contribution in [0.15, 0.2) is 30.3 Å². The van der Waals surface area contributed by atoms with E-state index in [1.807, 2.05) is 12.1 Å². The Labute approximate surface area is 130 Å². The van der Waals surface area contributed by atoms with Crippen LogP contribution in [0.5, 0.6) is 11.5 Å². The number of phenols is 2. The summed E-state index contributed by atoms with van der Waals surface area (Å²) in [6, 6.07) is 8.80. The van der Waals surface area contributed by atoms with Gasteiger partial charge in [0.15, 0.2) is 0 Å². The highest BCUT2D eigenvalue weighted by Gasteiger charge is 2.06. The fourth-order valence-electron chi connectivity index (χ4n) is 1.48. The Morgan fingerprint density at radius 1 is 0.783 bits per heavy atom. The molecular weight excluding hydrogens is 354 g/mol. The second-order valence-corrected chi connectivity index (χ2v) is 6.19. The summed E-state index contributed by atoms with van der Waals surface area (Å²) in [5.41, 5.74) is 0.691. The summed E-state index contributed by atoms with van der Waals surface area (Å²) in [7, 11) is -9.28. The molecule has 0 heterocycles. The van der Waals surface area contributed by atoms with Crippen molar-refractivity contribution in [3.05, 3.63) is 35.9 Å². The first-order chi connectivity index (χ1) is 10.2. The van der Waals surface area contributed by atoms with Gasteiger partial charge in [0, 0.05) is 10.8 Å². The Balaban J connectivity index is 0.000000406. The van der Waals surface area contributed by atoms with Crippen molar-refractivity contribution >= 4 is 26.4 Å². The monoisotopic (exact) mass is 370 g/mol. The van der Waals surface area contributed by atoms with Crippen molar-refractivity contribution in [3.63, 3.8) is 0 Å². The Morgan fingerprint density at radius 2 is 1.13 bits per heavy atom. The number of benzene rings is 2. The Bertz CT molecular complexity index is 711. The molecule has 10 nitrogen and oxygen atoms in total. The lowest BCUT2D eigenvalue weighted by Gasteiger charge is -2.05. The van der Waals surface area contributed by atoms with Crippen molar-refractivity contribution in [2.75, 3.05) is 0 Å². The van der Waals surface area contributed by atoms with E-state index in [1.54, 1.807) is 25.1 Å². The van der Waals surface area contributed by atoms with Crippen molar-refractivity contribution in [1.82, 2.24) is 0 Å². The Morgan fingerprint density at radius 3 is 1.52 bits per heavy atom. The lowest BCUT2D eigenvalue weighted by molar-refractivity contribution is 0.272. The maximum Gasteiger partial charge on any atom is 0.466 e. The van der Waals surface area contributed by atoms with E-state index in [9.17, 15) is 10.2 Å². The fourth-order valence-corrected chi connectivity index (χ4v) is 1.48. The second kappa shape index (κ2) is 8.39. The number of phenolic OH excluding ortho intramolecular Hbond substituents is 2. The molecule has 0 saturated carbocycles. The molecule has 0 spiro atoms. The molecule has 2 aromatic carbocycles. The van der Waals surface area contributed by atoms with Crippen LogP contribution < -0.4 is 0 Å². The minimum atomic E-state index is -4.64.